The molecule has 1 atom stereocenters. The Morgan fingerprint density at radius 3 is 2.91 bits per heavy atom. The van der Waals surface area contributed by atoms with Gasteiger partial charge < -0.3 is 20.3 Å². The predicted molar refractivity (Wildman–Crippen MR) is 129 cm³/mol. The van der Waals surface area contributed by atoms with Gasteiger partial charge in [-0.3, -0.25) is 4.79 Å². The van der Waals surface area contributed by atoms with Crippen LogP contribution in [0.4, 0.5) is 5.82 Å². The first-order valence-corrected chi connectivity index (χ1v) is 11.1. The molecule has 0 unspecified atom stereocenters. The topological polar surface area (TPSA) is 102 Å². The number of nitrogen functional groups attached to an aromatic ring is 1. The molecule has 33 heavy (non-hydrogen) atoms. The van der Waals surface area contributed by atoms with Crippen molar-refractivity contribution in [2.24, 2.45) is 5.92 Å². The molecule has 0 radical (unpaired) electrons. The molecule has 1 aromatic carbocycles. The van der Waals surface area contributed by atoms with Gasteiger partial charge in [-0.05, 0) is 45.0 Å². The standard InChI is InChI=1S/C24H31N7O2/c1-16-7-8-18(12-19(16)33-4)22-21-23(25)26-15-27-24(21)31(28-22)14-17-9-11-30(13-17)20(32)6-5-10-29(2)3/h5-8,12,15,17H,9-11,13-14H2,1-4H3,(H2,25,26,27)/t17-/m0/s1. The number of rotatable bonds is 7. The van der Waals surface area contributed by atoms with Crippen LogP contribution in [0.25, 0.3) is 22.3 Å². The van der Waals surface area contributed by atoms with E-state index in [0.717, 1.165) is 47.5 Å². The highest BCUT2D eigenvalue weighted by atomic mass is 16.5. The molecule has 1 aliphatic rings. The summed E-state index contributed by atoms with van der Waals surface area (Å²) in [6.07, 6.45) is 5.96. The number of carbonyl (C=O) groups excluding carboxylic acids is 1. The van der Waals surface area contributed by atoms with Crippen molar-refractivity contribution >= 4 is 22.8 Å². The molecule has 2 aromatic heterocycles. The molecule has 0 spiro atoms. The van der Waals surface area contributed by atoms with Crippen LogP contribution in [-0.2, 0) is 11.3 Å². The van der Waals surface area contributed by atoms with Gasteiger partial charge >= 0.3 is 0 Å². The van der Waals surface area contributed by atoms with Crippen LogP contribution in [0.5, 0.6) is 5.75 Å². The summed E-state index contributed by atoms with van der Waals surface area (Å²) in [7, 11) is 5.61. The number of likely N-dealkylation sites (tertiary alicyclic amines) is 1. The van der Waals surface area contributed by atoms with E-state index >= 15 is 0 Å². The van der Waals surface area contributed by atoms with Crippen molar-refractivity contribution in [2.75, 3.05) is 46.6 Å². The van der Waals surface area contributed by atoms with Gasteiger partial charge in [-0.15, -0.1) is 0 Å². The summed E-state index contributed by atoms with van der Waals surface area (Å²) >= 11 is 0. The van der Waals surface area contributed by atoms with Gasteiger partial charge in [0, 0.05) is 37.8 Å². The van der Waals surface area contributed by atoms with Gasteiger partial charge in [-0.2, -0.15) is 5.10 Å². The van der Waals surface area contributed by atoms with Gasteiger partial charge in [-0.25, -0.2) is 14.6 Å². The number of carbonyl (C=O) groups is 1. The molecule has 0 bridgehead atoms. The molecule has 4 rings (SSSR count). The minimum Gasteiger partial charge on any atom is -0.496 e. The number of aryl methyl sites for hydroxylation is 1. The Morgan fingerprint density at radius 1 is 1.33 bits per heavy atom. The van der Waals surface area contributed by atoms with E-state index in [1.165, 1.54) is 6.33 Å². The van der Waals surface area contributed by atoms with Gasteiger partial charge in [0.05, 0.1) is 12.5 Å². The number of benzene rings is 1. The first-order valence-electron chi connectivity index (χ1n) is 11.1. The maximum Gasteiger partial charge on any atom is 0.246 e. The Kier molecular flexibility index (Phi) is 6.60. The second kappa shape index (κ2) is 9.58. The zero-order valence-corrected chi connectivity index (χ0v) is 19.7. The number of nitrogens with zero attached hydrogens (tertiary/aromatic N) is 6. The number of fused-ring (bicyclic) bond motifs is 1. The van der Waals surface area contributed by atoms with E-state index in [2.05, 4.69) is 9.97 Å². The lowest BCUT2D eigenvalue weighted by Gasteiger charge is -2.15. The number of aromatic nitrogens is 4. The van der Waals surface area contributed by atoms with E-state index in [9.17, 15) is 4.79 Å². The summed E-state index contributed by atoms with van der Waals surface area (Å²) in [6, 6.07) is 5.97. The fraction of sp³-hybridized carbons (Fsp3) is 0.417. The van der Waals surface area contributed by atoms with Crippen LogP contribution in [0.3, 0.4) is 0 Å². The van der Waals surface area contributed by atoms with E-state index in [1.807, 2.05) is 59.8 Å². The molecule has 1 saturated heterocycles. The second-order valence-electron chi connectivity index (χ2n) is 8.78. The molecular formula is C24H31N7O2. The number of nitrogens with two attached hydrogens (primary N) is 1. The monoisotopic (exact) mass is 449 g/mol. The van der Waals surface area contributed by atoms with Gasteiger partial charge in [-0.1, -0.05) is 18.2 Å². The minimum absolute atomic E-state index is 0.0590. The Bertz CT molecular complexity index is 1190. The van der Waals surface area contributed by atoms with Gasteiger partial charge in [0.25, 0.3) is 0 Å². The minimum atomic E-state index is 0.0590. The lowest BCUT2D eigenvalue weighted by Crippen LogP contribution is -2.28. The molecular weight excluding hydrogens is 418 g/mol. The van der Waals surface area contributed by atoms with Crippen LogP contribution in [0, 0.1) is 12.8 Å². The number of anilines is 1. The number of methoxy groups -OCH3 is 1. The first kappa shape index (κ1) is 22.7. The third-order valence-electron chi connectivity index (χ3n) is 6.00. The highest BCUT2D eigenvalue weighted by molar-refractivity contribution is 5.98. The number of likely N-dealkylation sites (N-methyl/N-ethyl adjacent to an activating group) is 1. The van der Waals surface area contributed by atoms with Crippen LogP contribution in [-0.4, -0.2) is 76.3 Å². The molecule has 1 fully saturated rings. The van der Waals surface area contributed by atoms with Crippen molar-refractivity contribution in [3.63, 3.8) is 0 Å². The number of amides is 1. The largest absolute Gasteiger partial charge is 0.496 e. The SMILES string of the molecule is COc1cc(-c2nn(C[C@H]3CCN(C(=O)C=CCN(C)C)C3)c3ncnc(N)c23)ccc1C. The van der Waals surface area contributed by atoms with Crippen molar-refractivity contribution in [3.05, 3.63) is 42.2 Å². The molecule has 9 heteroatoms. The van der Waals surface area contributed by atoms with E-state index in [4.69, 9.17) is 15.6 Å². The molecule has 0 aliphatic carbocycles. The average Bonchev–Trinajstić information content (AvgIpc) is 3.40. The number of ether oxygens (including phenoxy) is 1. The van der Waals surface area contributed by atoms with E-state index in [1.54, 1.807) is 13.2 Å². The third kappa shape index (κ3) is 4.83. The van der Waals surface area contributed by atoms with Crippen molar-refractivity contribution < 1.29 is 9.53 Å². The van der Waals surface area contributed by atoms with E-state index < -0.39 is 0 Å². The summed E-state index contributed by atoms with van der Waals surface area (Å²) in [6.45, 7) is 4.84. The fourth-order valence-electron chi connectivity index (χ4n) is 4.22. The molecule has 9 nitrogen and oxygen atoms in total. The lowest BCUT2D eigenvalue weighted by atomic mass is 10.1. The zero-order chi connectivity index (χ0) is 23.5. The third-order valence-corrected chi connectivity index (χ3v) is 6.00. The van der Waals surface area contributed by atoms with Crippen LogP contribution < -0.4 is 10.5 Å². The second-order valence-corrected chi connectivity index (χ2v) is 8.78. The van der Waals surface area contributed by atoms with Gasteiger partial charge in [0.1, 0.15) is 23.6 Å². The molecule has 0 saturated carbocycles. The molecule has 174 valence electrons. The predicted octanol–water partition coefficient (Wildman–Crippen LogP) is 2.36. The lowest BCUT2D eigenvalue weighted by molar-refractivity contribution is -0.125. The van der Waals surface area contributed by atoms with Crippen molar-refractivity contribution in [3.8, 4) is 17.0 Å². The van der Waals surface area contributed by atoms with Crippen LogP contribution in [0.2, 0.25) is 0 Å². The molecule has 2 N–H and O–H groups in total. The summed E-state index contributed by atoms with van der Waals surface area (Å²) in [5, 5.41) is 5.62. The first-order chi connectivity index (χ1) is 15.9. The normalized spacial score (nSPS) is 16.4. The summed E-state index contributed by atoms with van der Waals surface area (Å²) in [4.78, 5) is 25.1. The van der Waals surface area contributed by atoms with Crippen molar-refractivity contribution in [1.29, 1.82) is 0 Å². The van der Waals surface area contributed by atoms with Crippen LogP contribution in [0.15, 0.2) is 36.7 Å². The molecule has 1 aliphatic heterocycles. The maximum absolute atomic E-state index is 12.5. The Morgan fingerprint density at radius 2 is 2.15 bits per heavy atom. The summed E-state index contributed by atoms with van der Waals surface area (Å²) in [5.41, 5.74) is 9.63. The molecule has 3 aromatic rings. The van der Waals surface area contributed by atoms with Crippen LogP contribution in [0.1, 0.15) is 12.0 Å². The molecule has 3 heterocycles. The van der Waals surface area contributed by atoms with Crippen LogP contribution >= 0.6 is 0 Å². The van der Waals surface area contributed by atoms with Gasteiger partial charge in [0.15, 0.2) is 5.65 Å². The van der Waals surface area contributed by atoms with E-state index in [-0.39, 0.29) is 11.8 Å². The van der Waals surface area contributed by atoms with Crippen molar-refractivity contribution in [1.82, 2.24) is 29.5 Å². The highest BCUT2D eigenvalue weighted by Gasteiger charge is 2.27. The van der Waals surface area contributed by atoms with Gasteiger partial charge in [0.2, 0.25) is 5.91 Å². The van der Waals surface area contributed by atoms with E-state index in [0.29, 0.717) is 24.6 Å². The maximum atomic E-state index is 12.5. The summed E-state index contributed by atoms with van der Waals surface area (Å²) in [5.74, 6) is 1.53. The zero-order valence-electron chi connectivity index (χ0n) is 19.7. The fourth-order valence-corrected chi connectivity index (χ4v) is 4.22. The highest BCUT2D eigenvalue weighted by Crippen LogP contribution is 2.33. The molecule has 1 amide bonds. The average molecular weight is 450 g/mol. The Labute approximate surface area is 193 Å². The Balaban J connectivity index is 1.58. The van der Waals surface area contributed by atoms with Crippen molar-refractivity contribution in [2.45, 2.75) is 19.9 Å². The number of hydrogen-bond donors (Lipinski definition) is 1. The number of hydrogen-bond acceptors (Lipinski definition) is 7. The smallest absolute Gasteiger partial charge is 0.246 e. The quantitative estimate of drug-likeness (QED) is 0.553. The Hall–Kier alpha value is -3.46. The summed E-state index contributed by atoms with van der Waals surface area (Å²) < 4.78 is 7.39.